The number of carbonyl (C=O) groups is 2. The van der Waals surface area contributed by atoms with E-state index in [0.717, 1.165) is 12.8 Å². The van der Waals surface area contributed by atoms with Gasteiger partial charge in [0.2, 0.25) is 0 Å². The number of nitrogens with zero attached hydrogens (tertiary/aromatic N) is 3. The summed E-state index contributed by atoms with van der Waals surface area (Å²) in [7, 11) is 0. The van der Waals surface area contributed by atoms with Gasteiger partial charge in [-0.15, -0.1) is 11.8 Å². The lowest BCUT2D eigenvalue weighted by molar-refractivity contribution is 0.0719. The molecule has 1 saturated heterocycles. The van der Waals surface area contributed by atoms with Gasteiger partial charge in [0.25, 0.3) is 11.8 Å². The predicted molar refractivity (Wildman–Crippen MR) is 107 cm³/mol. The number of β-amino-alcohol motifs (C(OH)–C–C–N with tert-alkyl or cyclic N) is 1. The van der Waals surface area contributed by atoms with E-state index >= 15 is 0 Å². The van der Waals surface area contributed by atoms with Crippen LogP contribution in [0, 0.1) is 6.92 Å². The number of fused-ring (bicyclic) bond motifs is 1. The molecule has 0 radical (unpaired) electrons. The molecule has 0 aliphatic carbocycles. The van der Waals surface area contributed by atoms with Crippen LogP contribution in [0.15, 0.2) is 35.2 Å². The molecule has 1 fully saturated rings. The Morgan fingerprint density at radius 3 is 2.82 bits per heavy atom. The molecule has 1 unspecified atom stereocenters. The van der Waals surface area contributed by atoms with Gasteiger partial charge in [-0.3, -0.25) is 14.3 Å². The Kier molecular flexibility index (Phi) is 5.41. The normalized spacial score (nSPS) is 20.4. The van der Waals surface area contributed by atoms with Crippen LogP contribution < -0.4 is 5.32 Å². The van der Waals surface area contributed by atoms with E-state index in [1.165, 1.54) is 21.2 Å². The first-order chi connectivity index (χ1) is 13.5. The van der Waals surface area contributed by atoms with Gasteiger partial charge >= 0.3 is 0 Å². The summed E-state index contributed by atoms with van der Waals surface area (Å²) in [4.78, 5) is 28.0. The average molecular weight is 401 g/mol. The van der Waals surface area contributed by atoms with Crippen LogP contribution >= 0.6 is 11.8 Å². The van der Waals surface area contributed by atoms with E-state index in [9.17, 15) is 14.7 Å². The zero-order valence-electron chi connectivity index (χ0n) is 15.8. The van der Waals surface area contributed by atoms with Crippen LogP contribution in [0.5, 0.6) is 0 Å². The van der Waals surface area contributed by atoms with Crippen molar-refractivity contribution >= 4 is 23.6 Å². The molecular weight excluding hydrogens is 376 g/mol. The summed E-state index contributed by atoms with van der Waals surface area (Å²) < 4.78 is 1.43. The Morgan fingerprint density at radius 2 is 2.07 bits per heavy atom. The Balaban J connectivity index is 1.38. The average Bonchev–Trinajstić information content (AvgIpc) is 3.04. The van der Waals surface area contributed by atoms with Gasteiger partial charge in [-0.1, -0.05) is 17.7 Å². The maximum Gasteiger partial charge on any atom is 0.274 e. The standard InChI is InChI=1S/C20H24N4O3S/c1-13-3-2-4-16(9-13)28-15-5-7-23(8-6-15)20(27)17-10-18-19(26)21-11-14(25)12-24(18)22-17/h2-4,9-10,14-15,25H,5-8,11-12H2,1H3,(H,21,26). The molecule has 0 saturated carbocycles. The number of piperidine rings is 1. The van der Waals surface area contributed by atoms with Crippen molar-refractivity contribution in [1.82, 2.24) is 20.0 Å². The summed E-state index contributed by atoms with van der Waals surface area (Å²) in [6, 6.07) is 10.0. The van der Waals surface area contributed by atoms with Gasteiger partial charge in [0.05, 0.1) is 12.6 Å². The van der Waals surface area contributed by atoms with Gasteiger partial charge < -0.3 is 15.3 Å². The molecule has 2 aliphatic heterocycles. The summed E-state index contributed by atoms with van der Waals surface area (Å²) in [5.41, 5.74) is 1.85. The number of likely N-dealkylation sites (tertiary alicyclic amines) is 1. The Bertz CT molecular complexity index is 889. The molecule has 0 spiro atoms. The Morgan fingerprint density at radius 1 is 1.29 bits per heavy atom. The van der Waals surface area contributed by atoms with Gasteiger partial charge in [0.1, 0.15) is 5.69 Å². The van der Waals surface area contributed by atoms with E-state index in [2.05, 4.69) is 41.6 Å². The van der Waals surface area contributed by atoms with Crippen molar-refractivity contribution in [2.75, 3.05) is 19.6 Å². The minimum atomic E-state index is -0.706. The van der Waals surface area contributed by atoms with Crippen LogP contribution in [0.2, 0.25) is 0 Å². The minimum Gasteiger partial charge on any atom is -0.389 e. The largest absolute Gasteiger partial charge is 0.389 e. The van der Waals surface area contributed by atoms with Crippen molar-refractivity contribution in [1.29, 1.82) is 0 Å². The maximum atomic E-state index is 12.9. The van der Waals surface area contributed by atoms with E-state index in [-0.39, 0.29) is 30.6 Å². The van der Waals surface area contributed by atoms with E-state index < -0.39 is 6.10 Å². The van der Waals surface area contributed by atoms with Crippen LogP contribution in [0.25, 0.3) is 0 Å². The van der Waals surface area contributed by atoms with Gasteiger partial charge in [0.15, 0.2) is 5.69 Å². The first kappa shape index (κ1) is 19.0. The van der Waals surface area contributed by atoms with Crippen LogP contribution in [-0.4, -0.2) is 62.6 Å². The summed E-state index contributed by atoms with van der Waals surface area (Å²) in [5.74, 6) is -0.460. The number of aromatic nitrogens is 2. The SMILES string of the molecule is Cc1cccc(SC2CCN(C(=O)c3cc4n(n3)CC(O)CNC4=O)CC2)c1. The van der Waals surface area contributed by atoms with Crippen LogP contribution in [0.1, 0.15) is 39.4 Å². The number of nitrogens with one attached hydrogen (secondary N) is 1. The number of carbonyl (C=O) groups excluding carboxylic acids is 2. The highest BCUT2D eigenvalue weighted by Crippen LogP contribution is 2.31. The lowest BCUT2D eigenvalue weighted by Gasteiger charge is -2.31. The van der Waals surface area contributed by atoms with Crippen molar-refractivity contribution in [3.05, 3.63) is 47.3 Å². The van der Waals surface area contributed by atoms with Crippen LogP contribution in [-0.2, 0) is 6.54 Å². The van der Waals surface area contributed by atoms with Crippen molar-refractivity contribution in [3.8, 4) is 0 Å². The van der Waals surface area contributed by atoms with Gasteiger partial charge in [0, 0.05) is 35.8 Å². The number of hydrogen-bond acceptors (Lipinski definition) is 5. The molecule has 7 nitrogen and oxygen atoms in total. The molecule has 2 N–H and O–H groups in total. The highest BCUT2D eigenvalue weighted by molar-refractivity contribution is 8.00. The molecular formula is C20H24N4O3S. The summed E-state index contributed by atoms with van der Waals surface area (Å²) >= 11 is 1.87. The Labute approximate surface area is 168 Å². The number of aliphatic hydroxyl groups excluding tert-OH is 1. The van der Waals surface area contributed by atoms with E-state index in [1.54, 1.807) is 0 Å². The Hall–Kier alpha value is -2.32. The second kappa shape index (κ2) is 7.97. The molecule has 148 valence electrons. The zero-order valence-corrected chi connectivity index (χ0v) is 16.6. The number of rotatable bonds is 3. The highest BCUT2D eigenvalue weighted by Gasteiger charge is 2.29. The maximum absolute atomic E-state index is 12.9. The quantitative estimate of drug-likeness (QED) is 0.819. The fourth-order valence-electron chi connectivity index (χ4n) is 3.63. The fraction of sp³-hybridized carbons (Fsp3) is 0.450. The van der Waals surface area contributed by atoms with Crippen molar-refractivity contribution in [2.45, 2.75) is 42.6 Å². The topological polar surface area (TPSA) is 87.5 Å². The van der Waals surface area contributed by atoms with Crippen molar-refractivity contribution in [2.24, 2.45) is 0 Å². The van der Waals surface area contributed by atoms with Crippen LogP contribution in [0.3, 0.4) is 0 Å². The molecule has 8 heteroatoms. The molecule has 28 heavy (non-hydrogen) atoms. The van der Waals surface area contributed by atoms with Crippen LogP contribution in [0.4, 0.5) is 0 Å². The molecule has 4 rings (SSSR count). The molecule has 1 atom stereocenters. The molecule has 1 aromatic carbocycles. The molecule has 0 bridgehead atoms. The number of amides is 2. The number of benzene rings is 1. The third-order valence-electron chi connectivity index (χ3n) is 5.14. The first-order valence-corrected chi connectivity index (χ1v) is 10.4. The smallest absolute Gasteiger partial charge is 0.274 e. The molecule has 3 heterocycles. The minimum absolute atomic E-state index is 0.151. The third-order valence-corrected chi connectivity index (χ3v) is 6.47. The predicted octanol–water partition coefficient (Wildman–Crippen LogP) is 1.69. The number of hydrogen-bond donors (Lipinski definition) is 2. The lowest BCUT2D eigenvalue weighted by atomic mass is 10.1. The van der Waals surface area contributed by atoms with E-state index in [4.69, 9.17) is 0 Å². The van der Waals surface area contributed by atoms with Gasteiger partial charge in [-0.2, -0.15) is 5.10 Å². The summed E-state index contributed by atoms with van der Waals surface area (Å²) in [6.45, 7) is 3.85. The number of aryl methyl sites for hydroxylation is 1. The molecule has 2 amide bonds. The zero-order chi connectivity index (χ0) is 19.7. The molecule has 2 aliphatic rings. The van der Waals surface area contributed by atoms with Gasteiger partial charge in [-0.25, -0.2) is 0 Å². The van der Waals surface area contributed by atoms with E-state index in [1.807, 2.05) is 16.7 Å². The number of aliphatic hydroxyl groups is 1. The van der Waals surface area contributed by atoms with Crippen molar-refractivity contribution in [3.63, 3.8) is 0 Å². The summed E-state index contributed by atoms with van der Waals surface area (Å²) in [6.07, 6.45) is 1.15. The molecule has 1 aromatic heterocycles. The second-order valence-electron chi connectivity index (χ2n) is 7.39. The number of thioether (sulfide) groups is 1. The first-order valence-electron chi connectivity index (χ1n) is 9.56. The second-order valence-corrected chi connectivity index (χ2v) is 8.76. The van der Waals surface area contributed by atoms with E-state index in [0.29, 0.717) is 24.0 Å². The monoisotopic (exact) mass is 400 g/mol. The molecule has 2 aromatic rings. The van der Waals surface area contributed by atoms with Crippen molar-refractivity contribution < 1.29 is 14.7 Å². The lowest BCUT2D eigenvalue weighted by Crippen LogP contribution is -2.39. The third kappa shape index (κ3) is 4.07. The summed E-state index contributed by atoms with van der Waals surface area (Å²) in [5, 5.41) is 17.3. The highest BCUT2D eigenvalue weighted by atomic mass is 32.2. The van der Waals surface area contributed by atoms with Gasteiger partial charge in [-0.05, 0) is 31.9 Å². The fourth-order valence-corrected chi connectivity index (χ4v) is 4.87.